The molecule has 4 aromatic rings. The Bertz CT molecular complexity index is 1560. The number of benzene rings is 4. The summed E-state index contributed by atoms with van der Waals surface area (Å²) in [6.45, 7) is 1.68. The molecule has 39 heavy (non-hydrogen) atoms. The summed E-state index contributed by atoms with van der Waals surface area (Å²) in [6, 6.07) is 26.2. The molecule has 0 aliphatic heterocycles. The topological polar surface area (TPSA) is 139 Å². The van der Waals surface area contributed by atoms with E-state index in [4.69, 9.17) is 0 Å². The summed E-state index contributed by atoms with van der Waals surface area (Å²) >= 11 is 1.26. The van der Waals surface area contributed by atoms with Crippen LogP contribution in [-0.2, 0) is 4.79 Å². The molecule has 4 aromatic carbocycles. The van der Waals surface area contributed by atoms with Gasteiger partial charge in [-0.1, -0.05) is 48.5 Å². The van der Waals surface area contributed by atoms with Crippen LogP contribution in [0, 0.1) is 17.0 Å². The van der Waals surface area contributed by atoms with Gasteiger partial charge >= 0.3 is 5.97 Å². The van der Waals surface area contributed by atoms with Gasteiger partial charge in [0.15, 0.2) is 0 Å². The normalized spacial score (nSPS) is 11.3. The Morgan fingerprint density at radius 3 is 2.21 bits per heavy atom. The zero-order chi connectivity index (χ0) is 27.9. The molecule has 0 bridgehead atoms. The number of carboxylic acids is 1. The molecule has 0 fully saturated rings. The van der Waals surface area contributed by atoms with Gasteiger partial charge in [-0.2, -0.15) is 0 Å². The lowest BCUT2D eigenvalue weighted by Gasteiger charge is -2.18. The third-order valence-electron chi connectivity index (χ3n) is 5.77. The van der Waals surface area contributed by atoms with Crippen LogP contribution >= 0.6 is 11.8 Å². The molecule has 3 N–H and O–H groups in total. The first-order valence-electron chi connectivity index (χ1n) is 11.7. The lowest BCUT2D eigenvalue weighted by Crippen LogP contribution is -2.19. The number of hydrogen-bond acceptors (Lipinski definition) is 6. The molecule has 9 nitrogen and oxygen atoms in total. The van der Waals surface area contributed by atoms with Crippen LogP contribution < -0.4 is 10.6 Å². The monoisotopic (exact) mass is 541 g/mol. The van der Waals surface area contributed by atoms with Crippen molar-refractivity contribution >= 4 is 46.6 Å². The Morgan fingerprint density at radius 1 is 0.846 bits per heavy atom. The standard InChI is InChI=1S/C29H23N3O6S/c1-18-16-21(32(37)38)14-15-25(18)31-28(34)26(19-8-3-2-4-9-19)39-22-11-7-10-20(17-22)30-27(33)23-12-5-6-13-24(23)29(35)36/h2-17,26H,1H3,(H,30,33)(H,31,34)(H,35,36). The molecule has 0 saturated heterocycles. The zero-order valence-corrected chi connectivity index (χ0v) is 21.5. The highest BCUT2D eigenvalue weighted by molar-refractivity contribution is 8.00. The van der Waals surface area contributed by atoms with Gasteiger partial charge in [-0.15, -0.1) is 11.8 Å². The number of amides is 2. The van der Waals surface area contributed by atoms with Crippen LogP contribution in [-0.4, -0.2) is 27.8 Å². The minimum atomic E-state index is -1.20. The van der Waals surface area contributed by atoms with Gasteiger partial charge in [0.1, 0.15) is 5.25 Å². The van der Waals surface area contributed by atoms with E-state index < -0.39 is 22.0 Å². The first-order valence-corrected chi connectivity index (χ1v) is 12.6. The third-order valence-corrected chi connectivity index (χ3v) is 7.02. The fourth-order valence-corrected chi connectivity index (χ4v) is 4.93. The summed E-state index contributed by atoms with van der Waals surface area (Å²) in [6.07, 6.45) is 0. The second kappa shape index (κ2) is 12.1. The Hall–Kier alpha value is -4.96. The fourth-order valence-electron chi connectivity index (χ4n) is 3.85. The molecule has 0 radical (unpaired) electrons. The summed E-state index contributed by atoms with van der Waals surface area (Å²) < 4.78 is 0. The highest BCUT2D eigenvalue weighted by Crippen LogP contribution is 2.37. The predicted octanol–water partition coefficient (Wildman–Crippen LogP) is 6.33. The molecule has 0 aromatic heterocycles. The molecular formula is C29H23N3O6S. The molecule has 0 spiro atoms. The number of anilines is 2. The van der Waals surface area contributed by atoms with E-state index >= 15 is 0 Å². The molecule has 0 aliphatic carbocycles. The molecule has 1 unspecified atom stereocenters. The van der Waals surface area contributed by atoms with E-state index in [0.29, 0.717) is 21.8 Å². The Morgan fingerprint density at radius 2 is 1.54 bits per heavy atom. The van der Waals surface area contributed by atoms with E-state index in [1.54, 1.807) is 43.3 Å². The van der Waals surface area contributed by atoms with Gasteiger partial charge in [0.25, 0.3) is 11.6 Å². The number of carbonyl (C=O) groups excluding carboxylic acids is 2. The van der Waals surface area contributed by atoms with E-state index in [-0.39, 0.29) is 22.7 Å². The average Bonchev–Trinajstić information content (AvgIpc) is 2.93. The van der Waals surface area contributed by atoms with E-state index in [0.717, 1.165) is 5.56 Å². The van der Waals surface area contributed by atoms with Crippen LogP contribution in [0.4, 0.5) is 17.1 Å². The van der Waals surface area contributed by atoms with Gasteiger partial charge in [0.2, 0.25) is 5.91 Å². The number of rotatable bonds is 9. The summed E-state index contributed by atoms with van der Waals surface area (Å²) in [5, 5.41) is 25.4. The van der Waals surface area contributed by atoms with Crippen molar-refractivity contribution < 1.29 is 24.4 Å². The number of nitro benzene ring substituents is 1. The highest BCUT2D eigenvalue weighted by atomic mass is 32.2. The summed E-state index contributed by atoms with van der Waals surface area (Å²) in [7, 11) is 0. The smallest absolute Gasteiger partial charge is 0.336 e. The minimum Gasteiger partial charge on any atom is -0.478 e. The van der Waals surface area contributed by atoms with Crippen molar-refractivity contribution in [3.63, 3.8) is 0 Å². The van der Waals surface area contributed by atoms with Crippen LogP contribution in [0.3, 0.4) is 0 Å². The number of carbonyl (C=O) groups is 3. The Labute approximate surface area is 228 Å². The summed E-state index contributed by atoms with van der Waals surface area (Å²) in [4.78, 5) is 49.0. The van der Waals surface area contributed by atoms with Gasteiger partial charge in [0, 0.05) is 28.4 Å². The number of hydrogen-bond donors (Lipinski definition) is 3. The van der Waals surface area contributed by atoms with E-state index in [9.17, 15) is 29.6 Å². The summed E-state index contributed by atoms with van der Waals surface area (Å²) in [5.41, 5.74) is 2.05. The van der Waals surface area contributed by atoms with E-state index in [1.165, 1.54) is 42.1 Å². The number of nitro groups is 1. The predicted molar refractivity (Wildman–Crippen MR) is 149 cm³/mol. The van der Waals surface area contributed by atoms with Gasteiger partial charge in [0.05, 0.1) is 16.1 Å². The van der Waals surface area contributed by atoms with Gasteiger partial charge in [-0.25, -0.2) is 4.79 Å². The third kappa shape index (κ3) is 6.68. The SMILES string of the molecule is Cc1cc([N+](=O)[O-])ccc1NC(=O)C(Sc1cccc(NC(=O)c2ccccc2C(=O)O)c1)c1ccccc1. The van der Waals surface area contributed by atoms with Crippen LogP contribution in [0.5, 0.6) is 0 Å². The molecular weight excluding hydrogens is 518 g/mol. The number of nitrogens with one attached hydrogen (secondary N) is 2. The second-order valence-corrected chi connectivity index (χ2v) is 9.67. The van der Waals surface area contributed by atoms with Crippen LogP contribution in [0.15, 0.2) is 102 Å². The minimum absolute atomic E-state index is 0.0306. The van der Waals surface area contributed by atoms with Crippen molar-refractivity contribution in [2.45, 2.75) is 17.1 Å². The van der Waals surface area contributed by atoms with Crippen LogP contribution in [0.2, 0.25) is 0 Å². The fraction of sp³-hybridized carbons (Fsp3) is 0.0690. The van der Waals surface area contributed by atoms with Gasteiger partial charge in [-0.05, 0) is 54.4 Å². The Kier molecular flexibility index (Phi) is 8.37. The molecule has 196 valence electrons. The van der Waals surface area contributed by atoms with E-state index in [2.05, 4.69) is 10.6 Å². The number of aromatic carboxylic acids is 1. The van der Waals surface area contributed by atoms with Crippen molar-refractivity contribution in [1.82, 2.24) is 0 Å². The molecule has 0 aliphatic rings. The second-order valence-electron chi connectivity index (χ2n) is 8.49. The summed E-state index contributed by atoms with van der Waals surface area (Å²) in [5.74, 6) is -2.10. The number of thioether (sulfide) groups is 1. The van der Waals surface area contributed by atoms with Crippen molar-refractivity contribution in [2.75, 3.05) is 10.6 Å². The quantitative estimate of drug-likeness (QED) is 0.128. The molecule has 0 heterocycles. The van der Waals surface area contributed by atoms with Crippen molar-refractivity contribution in [3.8, 4) is 0 Å². The molecule has 0 saturated carbocycles. The van der Waals surface area contributed by atoms with Gasteiger partial charge in [-0.3, -0.25) is 19.7 Å². The van der Waals surface area contributed by atoms with Crippen molar-refractivity contribution in [2.24, 2.45) is 0 Å². The zero-order valence-electron chi connectivity index (χ0n) is 20.7. The number of aryl methyl sites for hydroxylation is 1. The average molecular weight is 542 g/mol. The highest BCUT2D eigenvalue weighted by Gasteiger charge is 2.24. The van der Waals surface area contributed by atoms with Gasteiger partial charge < -0.3 is 15.7 Å². The number of carboxylic acid groups (broad SMARTS) is 1. The van der Waals surface area contributed by atoms with Crippen molar-refractivity contribution in [1.29, 1.82) is 0 Å². The molecule has 2 amide bonds. The maximum Gasteiger partial charge on any atom is 0.336 e. The first kappa shape index (κ1) is 27.1. The lowest BCUT2D eigenvalue weighted by atomic mass is 10.1. The largest absolute Gasteiger partial charge is 0.478 e. The van der Waals surface area contributed by atoms with Crippen molar-refractivity contribution in [3.05, 3.63) is 129 Å². The first-order chi connectivity index (χ1) is 18.7. The number of non-ortho nitro benzene ring substituents is 1. The van der Waals surface area contributed by atoms with E-state index in [1.807, 2.05) is 30.3 Å². The van der Waals surface area contributed by atoms with Crippen LogP contribution in [0.25, 0.3) is 0 Å². The number of nitrogens with zero attached hydrogens (tertiary/aromatic N) is 1. The maximum absolute atomic E-state index is 13.4. The molecule has 1 atom stereocenters. The lowest BCUT2D eigenvalue weighted by molar-refractivity contribution is -0.384. The Balaban J connectivity index is 1.57. The van der Waals surface area contributed by atoms with Crippen LogP contribution in [0.1, 0.15) is 37.1 Å². The maximum atomic E-state index is 13.4. The molecule has 4 rings (SSSR count). The molecule has 10 heteroatoms.